The summed E-state index contributed by atoms with van der Waals surface area (Å²) >= 11 is 0. The zero-order chi connectivity index (χ0) is 18.6. The van der Waals surface area contributed by atoms with E-state index in [9.17, 15) is 4.79 Å². The van der Waals surface area contributed by atoms with E-state index in [4.69, 9.17) is 13.9 Å². The summed E-state index contributed by atoms with van der Waals surface area (Å²) in [5.41, 5.74) is 7.27. The number of carbonyl (C=O) groups is 1. The van der Waals surface area contributed by atoms with Gasteiger partial charge in [-0.15, -0.1) is 0 Å². The van der Waals surface area contributed by atoms with Gasteiger partial charge in [-0.25, -0.2) is 0 Å². The number of aryl methyl sites for hydroxylation is 1. The fraction of sp³-hybridized carbons (Fsp3) is 0.368. The van der Waals surface area contributed by atoms with Gasteiger partial charge in [-0.05, 0) is 26.3 Å². The van der Waals surface area contributed by atoms with Gasteiger partial charge in [0.15, 0.2) is 5.43 Å². The van der Waals surface area contributed by atoms with E-state index >= 15 is 0 Å². The first-order valence-corrected chi connectivity index (χ1v) is 8.16. The molecule has 2 N–H and O–H groups in total. The third-order valence-electron chi connectivity index (χ3n) is 4.23. The number of morpholine rings is 1. The van der Waals surface area contributed by atoms with Crippen molar-refractivity contribution in [3.05, 3.63) is 45.6 Å². The molecule has 0 saturated carbocycles. The van der Waals surface area contributed by atoms with Crippen LogP contribution in [-0.4, -0.2) is 32.2 Å². The van der Waals surface area contributed by atoms with Gasteiger partial charge >= 0.3 is 0 Å². The lowest BCUT2D eigenvalue weighted by atomic mass is 10.0. The van der Waals surface area contributed by atoms with Crippen molar-refractivity contribution in [3.63, 3.8) is 0 Å². The van der Waals surface area contributed by atoms with Crippen molar-refractivity contribution < 1.29 is 13.9 Å². The Hall–Kier alpha value is -2.60. The third-order valence-corrected chi connectivity index (χ3v) is 4.23. The molecule has 2 heterocycles. The first-order valence-electron chi connectivity index (χ1n) is 8.16. The molecule has 0 spiro atoms. The average Bonchev–Trinajstić information content (AvgIpc) is 2.58. The van der Waals surface area contributed by atoms with Crippen LogP contribution in [0.3, 0.4) is 0 Å². The summed E-state index contributed by atoms with van der Waals surface area (Å²) in [6.45, 7) is 11.7. The van der Waals surface area contributed by atoms with Crippen LogP contribution in [0.15, 0.2) is 27.9 Å². The molecule has 1 fully saturated rings. The van der Waals surface area contributed by atoms with Crippen LogP contribution in [0.2, 0.25) is 0 Å². The van der Waals surface area contributed by atoms with Crippen LogP contribution in [0.25, 0.3) is 17.0 Å². The molecule has 0 bridgehead atoms. The number of carbonyl (C=O) groups excluding carboxylic acids is 1. The number of amides is 1. The van der Waals surface area contributed by atoms with Crippen LogP contribution in [0.1, 0.15) is 23.6 Å². The highest BCUT2D eigenvalue weighted by Gasteiger charge is 2.23. The van der Waals surface area contributed by atoms with Gasteiger partial charge in [-0.1, -0.05) is 24.8 Å². The van der Waals surface area contributed by atoms with E-state index in [-0.39, 0.29) is 17.9 Å². The van der Waals surface area contributed by atoms with Crippen LogP contribution in [0.4, 0.5) is 5.88 Å². The topological polar surface area (TPSA) is 85.8 Å². The number of anilines is 1. The van der Waals surface area contributed by atoms with Gasteiger partial charge in [0.05, 0.1) is 23.7 Å². The molecule has 1 saturated heterocycles. The SMILES string of the molecule is C=Cc1ccc(C)c2c(=O)c(C)c(N3CCO[C@H](C)C3)oc12.NC=O. The molecule has 6 heteroatoms. The fourth-order valence-corrected chi connectivity index (χ4v) is 3.01. The van der Waals surface area contributed by atoms with Crippen molar-refractivity contribution in [2.45, 2.75) is 26.9 Å². The molecular formula is C19H24N2O4. The molecule has 0 unspecified atom stereocenters. The molecule has 1 aliphatic heterocycles. The normalized spacial score (nSPS) is 16.9. The number of ether oxygens (including phenoxy) is 1. The molecule has 25 heavy (non-hydrogen) atoms. The minimum atomic E-state index is 0.0385. The molecule has 3 rings (SSSR count). The number of fused-ring (bicyclic) bond motifs is 1. The van der Waals surface area contributed by atoms with Crippen LogP contribution in [0.5, 0.6) is 0 Å². The first-order chi connectivity index (χ1) is 11.9. The molecule has 1 atom stereocenters. The molecular weight excluding hydrogens is 320 g/mol. The molecule has 1 aliphatic rings. The molecule has 0 aliphatic carbocycles. The van der Waals surface area contributed by atoms with E-state index in [1.165, 1.54) is 0 Å². The number of nitrogens with zero attached hydrogens (tertiary/aromatic N) is 1. The first kappa shape index (κ1) is 18.7. The largest absolute Gasteiger partial charge is 0.439 e. The van der Waals surface area contributed by atoms with Crippen molar-refractivity contribution in [2.24, 2.45) is 5.73 Å². The lowest BCUT2D eigenvalue weighted by molar-refractivity contribution is -0.106. The Labute approximate surface area is 146 Å². The minimum Gasteiger partial charge on any atom is -0.439 e. The van der Waals surface area contributed by atoms with E-state index in [0.29, 0.717) is 29.0 Å². The van der Waals surface area contributed by atoms with Crippen molar-refractivity contribution in [3.8, 4) is 0 Å². The van der Waals surface area contributed by atoms with Gasteiger partial charge in [-0.2, -0.15) is 0 Å². The third kappa shape index (κ3) is 3.74. The second-order valence-corrected chi connectivity index (χ2v) is 6.00. The molecule has 134 valence electrons. The Morgan fingerprint density at radius 1 is 1.36 bits per heavy atom. The second kappa shape index (κ2) is 7.98. The molecule has 6 nitrogen and oxygen atoms in total. The zero-order valence-corrected chi connectivity index (χ0v) is 14.9. The number of hydrogen-bond donors (Lipinski definition) is 1. The van der Waals surface area contributed by atoms with Gasteiger partial charge in [0.2, 0.25) is 12.3 Å². The molecule has 1 aromatic carbocycles. The Kier molecular flexibility index (Phi) is 5.98. The number of nitrogens with two attached hydrogens (primary N) is 1. The number of primary amides is 1. The van der Waals surface area contributed by atoms with E-state index < -0.39 is 0 Å². The smallest absolute Gasteiger partial charge is 0.204 e. The van der Waals surface area contributed by atoms with Gasteiger partial charge in [0, 0.05) is 18.7 Å². The summed E-state index contributed by atoms with van der Waals surface area (Å²) in [6.07, 6.45) is 2.11. The summed E-state index contributed by atoms with van der Waals surface area (Å²) in [5.74, 6) is 0.654. The lowest BCUT2D eigenvalue weighted by Gasteiger charge is -2.32. The summed E-state index contributed by atoms with van der Waals surface area (Å²) in [5, 5.41) is 0.653. The highest BCUT2D eigenvalue weighted by molar-refractivity contribution is 5.89. The van der Waals surface area contributed by atoms with E-state index in [0.717, 1.165) is 24.2 Å². The van der Waals surface area contributed by atoms with E-state index in [1.807, 2.05) is 32.9 Å². The Morgan fingerprint density at radius 2 is 2.04 bits per heavy atom. The van der Waals surface area contributed by atoms with Gasteiger partial charge in [0.25, 0.3) is 0 Å². The summed E-state index contributed by atoms with van der Waals surface area (Å²) in [4.78, 5) is 23.5. The van der Waals surface area contributed by atoms with Crippen LogP contribution >= 0.6 is 0 Å². The second-order valence-electron chi connectivity index (χ2n) is 6.00. The van der Waals surface area contributed by atoms with Crippen LogP contribution in [0, 0.1) is 13.8 Å². The maximum Gasteiger partial charge on any atom is 0.204 e. The maximum atomic E-state index is 12.8. The van der Waals surface area contributed by atoms with Gasteiger partial charge in [-0.3, -0.25) is 9.59 Å². The Balaban J connectivity index is 0.000000701. The molecule has 1 aromatic heterocycles. The van der Waals surface area contributed by atoms with E-state index in [1.54, 1.807) is 6.08 Å². The number of hydrogen-bond acceptors (Lipinski definition) is 5. The zero-order valence-electron chi connectivity index (χ0n) is 14.9. The van der Waals surface area contributed by atoms with Crippen molar-refractivity contribution in [2.75, 3.05) is 24.6 Å². The van der Waals surface area contributed by atoms with Crippen molar-refractivity contribution in [1.29, 1.82) is 0 Å². The molecule has 1 amide bonds. The maximum absolute atomic E-state index is 12.8. The monoisotopic (exact) mass is 344 g/mol. The predicted octanol–water partition coefficient (Wildman–Crippen LogP) is 2.38. The lowest BCUT2D eigenvalue weighted by Crippen LogP contribution is -2.42. The molecule has 0 radical (unpaired) electrons. The summed E-state index contributed by atoms with van der Waals surface area (Å²) < 4.78 is 11.7. The minimum absolute atomic E-state index is 0.0385. The summed E-state index contributed by atoms with van der Waals surface area (Å²) in [7, 11) is 0. The van der Waals surface area contributed by atoms with Crippen LogP contribution < -0.4 is 16.1 Å². The van der Waals surface area contributed by atoms with E-state index in [2.05, 4.69) is 17.2 Å². The van der Waals surface area contributed by atoms with Crippen molar-refractivity contribution in [1.82, 2.24) is 0 Å². The standard InChI is InChI=1S/C18H21NO3.CH3NO/c1-5-14-7-6-11(2)15-16(20)13(4)18(22-17(14)15)19-8-9-21-12(3)10-19;2-1-3/h5-7,12H,1,8-10H2,2-4H3;1H,(H2,2,3)/t12-;/m1./s1. The van der Waals surface area contributed by atoms with Gasteiger partial charge in [0.1, 0.15) is 5.58 Å². The number of rotatable bonds is 2. The highest BCUT2D eigenvalue weighted by Crippen LogP contribution is 2.29. The fourth-order valence-electron chi connectivity index (χ4n) is 3.01. The average molecular weight is 344 g/mol. The predicted molar refractivity (Wildman–Crippen MR) is 99.9 cm³/mol. The Bertz CT molecular complexity index is 841. The highest BCUT2D eigenvalue weighted by atomic mass is 16.5. The number of benzene rings is 1. The van der Waals surface area contributed by atoms with Crippen molar-refractivity contribution >= 4 is 29.3 Å². The Morgan fingerprint density at radius 3 is 2.64 bits per heavy atom. The summed E-state index contributed by atoms with van der Waals surface area (Å²) in [6, 6.07) is 3.88. The molecule has 2 aromatic rings. The van der Waals surface area contributed by atoms with Gasteiger partial charge < -0.3 is 19.8 Å². The quantitative estimate of drug-likeness (QED) is 0.846. The van der Waals surface area contributed by atoms with Crippen LogP contribution in [-0.2, 0) is 9.53 Å².